The van der Waals surface area contributed by atoms with Crippen LogP contribution in [-0.2, 0) is 9.84 Å². The molecule has 0 spiro atoms. The lowest BCUT2D eigenvalue weighted by Gasteiger charge is -2.44. The van der Waals surface area contributed by atoms with Crippen molar-refractivity contribution in [3.05, 3.63) is 0 Å². The summed E-state index contributed by atoms with van der Waals surface area (Å²) in [4.78, 5) is 0. The zero-order valence-corrected chi connectivity index (χ0v) is 12.2. The number of hydrogen-bond donors (Lipinski definition) is 1. The van der Waals surface area contributed by atoms with Crippen molar-refractivity contribution in [2.45, 2.75) is 87.2 Å². The fraction of sp³-hybridized carbons (Fsp3) is 1.00. The Morgan fingerprint density at radius 1 is 1.11 bits per heavy atom. The summed E-state index contributed by atoms with van der Waals surface area (Å²) in [5.74, 6) is 0. The lowest BCUT2D eigenvalue weighted by molar-refractivity contribution is -0.000528. The first-order valence-corrected chi connectivity index (χ1v) is 9.04. The second kappa shape index (κ2) is 5.49. The summed E-state index contributed by atoms with van der Waals surface area (Å²) in [6.07, 6.45) is 8.88. The Labute approximate surface area is 111 Å². The Morgan fingerprint density at radius 3 is 2.28 bits per heavy atom. The molecule has 0 aliphatic carbocycles. The Kier molecular flexibility index (Phi) is 4.37. The van der Waals surface area contributed by atoms with Gasteiger partial charge >= 0.3 is 0 Å². The van der Waals surface area contributed by atoms with E-state index in [1.165, 1.54) is 12.8 Å². The molecule has 2 bridgehead atoms. The quantitative estimate of drug-likeness (QED) is 0.784. The van der Waals surface area contributed by atoms with E-state index in [1.54, 1.807) is 0 Å². The number of sulfone groups is 1. The highest BCUT2D eigenvalue weighted by Crippen LogP contribution is 2.43. The van der Waals surface area contributed by atoms with Crippen molar-refractivity contribution in [1.29, 1.82) is 0 Å². The van der Waals surface area contributed by atoms with Gasteiger partial charge in [-0.25, -0.2) is 8.42 Å². The summed E-state index contributed by atoms with van der Waals surface area (Å²) in [5, 5.41) is 10.1. The molecule has 2 atom stereocenters. The fourth-order valence-corrected chi connectivity index (χ4v) is 6.25. The highest BCUT2D eigenvalue weighted by atomic mass is 32.2. The van der Waals surface area contributed by atoms with Gasteiger partial charge in [0, 0.05) is 0 Å². The maximum absolute atomic E-state index is 12.1. The molecule has 4 heteroatoms. The first-order valence-electron chi connectivity index (χ1n) is 7.43. The summed E-state index contributed by atoms with van der Waals surface area (Å²) in [5.41, 5.74) is -0.700. The van der Waals surface area contributed by atoms with Crippen molar-refractivity contribution in [3.63, 3.8) is 0 Å². The predicted octanol–water partition coefficient (Wildman–Crippen LogP) is 2.82. The van der Waals surface area contributed by atoms with Crippen LogP contribution in [0.5, 0.6) is 0 Å². The van der Waals surface area contributed by atoms with Crippen LogP contribution in [-0.4, -0.2) is 29.6 Å². The van der Waals surface area contributed by atoms with E-state index in [9.17, 15) is 13.5 Å². The lowest BCUT2D eigenvalue weighted by Crippen LogP contribution is -2.51. The van der Waals surface area contributed by atoms with Gasteiger partial charge in [-0.2, -0.15) is 0 Å². The summed E-state index contributed by atoms with van der Waals surface area (Å²) < 4.78 is 24.3. The molecule has 2 aliphatic rings. The Bertz CT molecular complexity index is 355. The SMILES string of the molecule is CCCCCCC1(O)CC2CCCC(C1)S2(=O)=O. The molecule has 2 rings (SSSR count). The van der Waals surface area contributed by atoms with Crippen LogP contribution in [0.3, 0.4) is 0 Å². The predicted molar refractivity (Wildman–Crippen MR) is 73.3 cm³/mol. The Balaban J connectivity index is 1.96. The van der Waals surface area contributed by atoms with Gasteiger partial charge in [-0.05, 0) is 32.1 Å². The zero-order chi connectivity index (χ0) is 13.2. The molecule has 106 valence electrons. The minimum Gasteiger partial charge on any atom is -0.390 e. The first-order chi connectivity index (χ1) is 8.48. The molecule has 2 heterocycles. The van der Waals surface area contributed by atoms with Gasteiger partial charge in [0.1, 0.15) is 0 Å². The van der Waals surface area contributed by atoms with Crippen LogP contribution in [0.4, 0.5) is 0 Å². The summed E-state index contributed by atoms with van der Waals surface area (Å²) in [6.45, 7) is 2.17. The number of fused-ring (bicyclic) bond motifs is 2. The van der Waals surface area contributed by atoms with Gasteiger partial charge in [0.25, 0.3) is 0 Å². The lowest BCUT2D eigenvalue weighted by atomic mass is 9.82. The molecule has 2 fully saturated rings. The molecule has 0 amide bonds. The van der Waals surface area contributed by atoms with Crippen LogP contribution < -0.4 is 0 Å². The van der Waals surface area contributed by atoms with E-state index in [0.29, 0.717) is 12.8 Å². The number of unbranched alkanes of at least 4 members (excludes halogenated alkanes) is 3. The van der Waals surface area contributed by atoms with E-state index in [1.807, 2.05) is 0 Å². The number of hydrogen-bond acceptors (Lipinski definition) is 3. The Hall–Kier alpha value is -0.0900. The van der Waals surface area contributed by atoms with Crippen molar-refractivity contribution in [1.82, 2.24) is 0 Å². The van der Waals surface area contributed by atoms with Crippen LogP contribution in [0.1, 0.15) is 71.1 Å². The third kappa shape index (κ3) is 2.90. The molecule has 0 radical (unpaired) electrons. The van der Waals surface area contributed by atoms with Gasteiger partial charge in [-0.3, -0.25) is 0 Å². The molecule has 0 aromatic carbocycles. The smallest absolute Gasteiger partial charge is 0.156 e. The van der Waals surface area contributed by atoms with Crippen LogP contribution in [0.2, 0.25) is 0 Å². The first kappa shape index (κ1) is 14.3. The fourth-order valence-electron chi connectivity index (χ4n) is 3.63. The third-order valence-electron chi connectivity index (χ3n) is 4.69. The molecule has 2 unspecified atom stereocenters. The molecule has 0 aromatic rings. The molecule has 1 N–H and O–H groups in total. The van der Waals surface area contributed by atoms with Gasteiger partial charge in [-0.1, -0.05) is 39.0 Å². The van der Waals surface area contributed by atoms with Crippen LogP contribution in [0.15, 0.2) is 0 Å². The van der Waals surface area contributed by atoms with Crippen molar-refractivity contribution in [2.24, 2.45) is 0 Å². The van der Waals surface area contributed by atoms with Crippen molar-refractivity contribution in [2.75, 3.05) is 0 Å². The zero-order valence-electron chi connectivity index (χ0n) is 11.4. The molecule has 3 nitrogen and oxygen atoms in total. The second-order valence-corrected chi connectivity index (χ2v) is 8.72. The standard InChI is InChI=1S/C14H26O3S/c1-2-3-4-5-9-14(15)10-12-7-6-8-13(11-14)18(12,16)17/h12-13,15H,2-11H2,1H3. The van der Waals surface area contributed by atoms with Gasteiger partial charge in [-0.15, -0.1) is 0 Å². The van der Waals surface area contributed by atoms with E-state index in [-0.39, 0.29) is 10.5 Å². The van der Waals surface area contributed by atoms with E-state index < -0.39 is 15.4 Å². The second-order valence-electron chi connectivity index (χ2n) is 6.21. The third-order valence-corrected chi connectivity index (χ3v) is 7.36. The molecule has 18 heavy (non-hydrogen) atoms. The van der Waals surface area contributed by atoms with Crippen LogP contribution in [0, 0.1) is 0 Å². The van der Waals surface area contributed by atoms with Crippen molar-refractivity contribution < 1.29 is 13.5 Å². The minimum atomic E-state index is -2.93. The topological polar surface area (TPSA) is 54.4 Å². The summed E-state index contributed by atoms with van der Waals surface area (Å²) in [7, 11) is -2.93. The van der Waals surface area contributed by atoms with Crippen LogP contribution >= 0.6 is 0 Å². The van der Waals surface area contributed by atoms with E-state index in [4.69, 9.17) is 0 Å². The largest absolute Gasteiger partial charge is 0.390 e. The molecule has 2 saturated heterocycles. The highest BCUT2D eigenvalue weighted by molar-refractivity contribution is 7.92. The molecular formula is C14H26O3S. The van der Waals surface area contributed by atoms with Crippen molar-refractivity contribution in [3.8, 4) is 0 Å². The van der Waals surface area contributed by atoms with Crippen molar-refractivity contribution >= 4 is 9.84 Å². The highest BCUT2D eigenvalue weighted by Gasteiger charge is 2.49. The average Bonchev–Trinajstić information content (AvgIpc) is 2.27. The van der Waals surface area contributed by atoms with E-state index in [0.717, 1.165) is 38.5 Å². The Morgan fingerprint density at radius 2 is 1.72 bits per heavy atom. The maximum atomic E-state index is 12.1. The monoisotopic (exact) mass is 274 g/mol. The summed E-state index contributed by atoms with van der Waals surface area (Å²) in [6, 6.07) is 0. The summed E-state index contributed by atoms with van der Waals surface area (Å²) >= 11 is 0. The van der Waals surface area contributed by atoms with E-state index >= 15 is 0 Å². The van der Waals surface area contributed by atoms with Gasteiger partial charge in [0.05, 0.1) is 16.1 Å². The maximum Gasteiger partial charge on any atom is 0.156 e. The molecule has 2 aliphatic heterocycles. The molecule has 0 aromatic heterocycles. The molecular weight excluding hydrogens is 248 g/mol. The van der Waals surface area contributed by atoms with Gasteiger partial charge < -0.3 is 5.11 Å². The average molecular weight is 274 g/mol. The number of rotatable bonds is 5. The van der Waals surface area contributed by atoms with E-state index in [2.05, 4.69) is 6.92 Å². The van der Waals surface area contributed by atoms with Gasteiger partial charge in [0.2, 0.25) is 0 Å². The molecule has 0 saturated carbocycles. The van der Waals surface area contributed by atoms with Crippen LogP contribution in [0.25, 0.3) is 0 Å². The number of aliphatic hydroxyl groups is 1. The normalized spacial score (nSPS) is 38.6. The van der Waals surface area contributed by atoms with Gasteiger partial charge in [0.15, 0.2) is 9.84 Å². The minimum absolute atomic E-state index is 0.263.